The van der Waals surface area contributed by atoms with Crippen molar-refractivity contribution >= 4 is 0 Å². The van der Waals surface area contributed by atoms with Gasteiger partial charge in [0.05, 0.1) is 18.3 Å². The molecular formula is C12H17N3O. The fourth-order valence-corrected chi connectivity index (χ4v) is 1.68. The predicted molar refractivity (Wildman–Crippen MR) is 62.1 cm³/mol. The van der Waals surface area contributed by atoms with Crippen LogP contribution in [0.15, 0.2) is 35.3 Å². The number of nitrogens with one attached hydrogen (secondary N) is 1. The van der Waals surface area contributed by atoms with E-state index in [9.17, 15) is 0 Å². The highest BCUT2D eigenvalue weighted by Crippen LogP contribution is 2.20. The van der Waals surface area contributed by atoms with Crippen molar-refractivity contribution < 1.29 is 4.42 Å². The van der Waals surface area contributed by atoms with Crippen molar-refractivity contribution in [3.8, 4) is 0 Å². The van der Waals surface area contributed by atoms with E-state index < -0.39 is 0 Å². The zero-order valence-corrected chi connectivity index (χ0v) is 9.68. The van der Waals surface area contributed by atoms with E-state index in [-0.39, 0.29) is 6.04 Å². The lowest BCUT2D eigenvalue weighted by Gasteiger charge is -2.13. The molecule has 2 heterocycles. The number of imidazole rings is 1. The minimum atomic E-state index is 0.0520. The zero-order valence-electron chi connectivity index (χ0n) is 9.68. The van der Waals surface area contributed by atoms with Gasteiger partial charge in [0.25, 0.3) is 0 Å². The number of hydrogen-bond acceptors (Lipinski definition) is 3. The fraction of sp³-hybridized carbons (Fsp3) is 0.417. The summed E-state index contributed by atoms with van der Waals surface area (Å²) in [6, 6.07) is 3.93. The smallest absolute Gasteiger partial charge is 0.126 e. The van der Waals surface area contributed by atoms with Crippen molar-refractivity contribution in [3.63, 3.8) is 0 Å². The summed E-state index contributed by atoms with van der Waals surface area (Å²) in [5.74, 6) is 0.909. The third kappa shape index (κ3) is 2.33. The van der Waals surface area contributed by atoms with E-state index in [1.807, 2.05) is 29.9 Å². The lowest BCUT2D eigenvalue weighted by Crippen LogP contribution is -2.23. The third-order valence-corrected chi connectivity index (χ3v) is 2.45. The molecule has 4 heteroatoms. The topological polar surface area (TPSA) is 43.0 Å². The number of aryl methyl sites for hydroxylation is 1. The van der Waals surface area contributed by atoms with Gasteiger partial charge in [-0.15, -0.1) is 0 Å². The highest BCUT2D eigenvalue weighted by atomic mass is 16.3. The molecule has 0 amide bonds. The minimum absolute atomic E-state index is 0.0520. The predicted octanol–water partition coefficient (Wildman–Crippen LogP) is 2.10. The number of nitrogens with zero attached hydrogens (tertiary/aromatic N) is 2. The van der Waals surface area contributed by atoms with Crippen LogP contribution in [0.4, 0.5) is 0 Å². The van der Waals surface area contributed by atoms with Gasteiger partial charge in [-0.1, -0.05) is 6.92 Å². The van der Waals surface area contributed by atoms with Crippen LogP contribution < -0.4 is 5.32 Å². The van der Waals surface area contributed by atoms with Crippen LogP contribution in [0.5, 0.6) is 0 Å². The lowest BCUT2D eigenvalue weighted by atomic mass is 10.1. The highest BCUT2D eigenvalue weighted by Gasteiger charge is 2.17. The highest BCUT2D eigenvalue weighted by molar-refractivity contribution is 5.18. The maximum Gasteiger partial charge on any atom is 0.126 e. The van der Waals surface area contributed by atoms with Gasteiger partial charge in [0.15, 0.2) is 0 Å². The number of rotatable bonds is 5. The largest absolute Gasteiger partial charge is 0.467 e. The summed E-state index contributed by atoms with van der Waals surface area (Å²) in [7, 11) is 1.97. The molecule has 0 aromatic carbocycles. The molecule has 86 valence electrons. The maximum atomic E-state index is 5.44. The van der Waals surface area contributed by atoms with E-state index in [1.54, 1.807) is 12.6 Å². The third-order valence-electron chi connectivity index (χ3n) is 2.45. The second-order valence-corrected chi connectivity index (χ2v) is 3.87. The normalized spacial score (nSPS) is 12.9. The summed E-state index contributed by atoms with van der Waals surface area (Å²) >= 11 is 0. The molecule has 0 saturated carbocycles. The van der Waals surface area contributed by atoms with Crippen LogP contribution in [0, 0.1) is 0 Å². The Morgan fingerprint density at radius 1 is 1.56 bits per heavy atom. The monoisotopic (exact) mass is 219 g/mol. The Morgan fingerprint density at radius 3 is 3.00 bits per heavy atom. The van der Waals surface area contributed by atoms with Gasteiger partial charge in [0, 0.05) is 13.2 Å². The van der Waals surface area contributed by atoms with Gasteiger partial charge >= 0.3 is 0 Å². The van der Waals surface area contributed by atoms with Crippen molar-refractivity contribution in [3.05, 3.63) is 42.4 Å². The fourth-order valence-electron chi connectivity index (χ4n) is 1.68. The molecule has 0 aliphatic carbocycles. The second kappa shape index (κ2) is 4.99. The molecule has 0 aliphatic rings. The van der Waals surface area contributed by atoms with Gasteiger partial charge in [-0.2, -0.15) is 0 Å². The molecule has 0 aliphatic heterocycles. The van der Waals surface area contributed by atoms with Crippen molar-refractivity contribution in [2.45, 2.75) is 19.4 Å². The molecule has 1 N–H and O–H groups in total. The van der Waals surface area contributed by atoms with Crippen molar-refractivity contribution in [1.82, 2.24) is 14.9 Å². The summed E-state index contributed by atoms with van der Waals surface area (Å²) in [4.78, 5) is 4.37. The van der Waals surface area contributed by atoms with Crippen LogP contribution in [0.3, 0.4) is 0 Å². The van der Waals surface area contributed by atoms with Crippen molar-refractivity contribution in [2.75, 3.05) is 6.54 Å². The first-order valence-electron chi connectivity index (χ1n) is 5.56. The average molecular weight is 219 g/mol. The first-order valence-corrected chi connectivity index (χ1v) is 5.56. The summed E-state index contributed by atoms with van der Waals surface area (Å²) in [5.41, 5.74) is 0.992. The lowest BCUT2D eigenvalue weighted by molar-refractivity contribution is 0.442. The molecule has 0 fully saturated rings. The standard InChI is InChI=1S/C12H17N3O/c1-3-6-13-12(11-5-4-7-16-11)10-8-15(2)9-14-10/h4-5,7-9,12-13H,3,6H2,1-2H3. The number of hydrogen-bond donors (Lipinski definition) is 1. The summed E-state index contributed by atoms with van der Waals surface area (Å²) in [5, 5.41) is 3.43. The molecular weight excluding hydrogens is 202 g/mol. The van der Waals surface area contributed by atoms with Crippen LogP contribution in [0.25, 0.3) is 0 Å². The van der Waals surface area contributed by atoms with E-state index >= 15 is 0 Å². The van der Waals surface area contributed by atoms with Crippen LogP contribution in [0.1, 0.15) is 30.8 Å². The van der Waals surface area contributed by atoms with Gasteiger partial charge in [-0.3, -0.25) is 0 Å². The molecule has 4 nitrogen and oxygen atoms in total. The molecule has 2 rings (SSSR count). The van der Waals surface area contributed by atoms with Gasteiger partial charge in [0.2, 0.25) is 0 Å². The Hall–Kier alpha value is -1.55. The number of furan rings is 1. The van der Waals surface area contributed by atoms with Gasteiger partial charge in [-0.25, -0.2) is 4.98 Å². The van der Waals surface area contributed by atoms with Crippen molar-refractivity contribution in [2.24, 2.45) is 7.05 Å². The Balaban J connectivity index is 2.21. The molecule has 0 saturated heterocycles. The van der Waals surface area contributed by atoms with Gasteiger partial charge in [0.1, 0.15) is 11.8 Å². The Bertz CT molecular complexity index is 419. The molecule has 1 unspecified atom stereocenters. The first kappa shape index (κ1) is 11.0. The van der Waals surface area contributed by atoms with E-state index in [2.05, 4.69) is 17.2 Å². The molecule has 0 radical (unpaired) electrons. The Kier molecular flexibility index (Phi) is 3.41. The molecule has 1 atom stereocenters. The average Bonchev–Trinajstić information content (AvgIpc) is 2.91. The second-order valence-electron chi connectivity index (χ2n) is 3.87. The van der Waals surface area contributed by atoms with E-state index in [0.717, 1.165) is 24.4 Å². The molecule has 16 heavy (non-hydrogen) atoms. The SMILES string of the molecule is CCCNC(c1cn(C)cn1)c1ccco1. The Labute approximate surface area is 95.3 Å². The number of aromatic nitrogens is 2. The summed E-state index contributed by atoms with van der Waals surface area (Å²) in [6.45, 7) is 3.09. The van der Waals surface area contributed by atoms with Crippen LogP contribution >= 0.6 is 0 Å². The van der Waals surface area contributed by atoms with Crippen LogP contribution in [-0.2, 0) is 7.05 Å². The zero-order chi connectivity index (χ0) is 11.4. The summed E-state index contributed by atoms with van der Waals surface area (Å²) < 4.78 is 7.39. The quantitative estimate of drug-likeness (QED) is 0.837. The van der Waals surface area contributed by atoms with E-state index in [4.69, 9.17) is 4.42 Å². The minimum Gasteiger partial charge on any atom is -0.467 e. The van der Waals surface area contributed by atoms with E-state index in [0.29, 0.717) is 0 Å². The molecule has 0 bridgehead atoms. The van der Waals surface area contributed by atoms with Crippen molar-refractivity contribution in [1.29, 1.82) is 0 Å². The maximum absolute atomic E-state index is 5.44. The molecule has 2 aromatic rings. The first-order chi connectivity index (χ1) is 7.81. The Morgan fingerprint density at radius 2 is 2.44 bits per heavy atom. The van der Waals surface area contributed by atoms with Gasteiger partial charge in [-0.05, 0) is 25.1 Å². The molecule has 0 spiro atoms. The van der Waals surface area contributed by atoms with Gasteiger partial charge < -0.3 is 14.3 Å². The van der Waals surface area contributed by atoms with Crippen LogP contribution in [-0.4, -0.2) is 16.1 Å². The van der Waals surface area contributed by atoms with E-state index in [1.165, 1.54) is 0 Å². The molecule has 2 aromatic heterocycles. The summed E-state index contributed by atoms with van der Waals surface area (Å²) in [6.07, 6.45) is 6.59. The van der Waals surface area contributed by atoms with Crippen LogP contribution in [0.2, 0.25) is 0 Å².